The van der Waals surface area contributed by atoms with Crippen LogP contribution in [-0.2, 0) is 4.79 Å². The van der Waals surface area contributed by atoms with Gasteiger partial charge in [-0.1, -0.05) is 23.8 Å². The second kappa shape index (κ2) is 6.09. The molecule has 0 amide bonds. The third-order valence-electron chi connectivity index (χ3n) is 2.40. The molecule has 92 valence electrons. The first kappa shape index (κ1) is 13.3. The number of benzene rings is 1. The predicted octanol–water partition coefficient (Wildman–Crippen LogP) is 3.02. The molecule has 0 atom stereocenters. The van der Waals surface area contributed by atoms with E-state index in [0.717, 1.165) is 23.0 Å². The molecule has 3 heteroatoms. The minimum absolute atomic E-state index is 0.495. The Kier molecular flexibility index (Phi) is 4.76. The van der Waals surface area contributed by atoms with E-state index in [1.54, 1.807) is 6.08 Å². The van der Waals surface area contributed by atoms with Gasteiger partial charge in [-0.2, -0.15) is 0 Å². The van der Waals surface area contributed by atoms with Gasteiger partial charge in [0, 0.05) is 6.08 Å². The molecule has 0 heterocycles. The lowest BCUT2D eigenvalue weighted by Gasteiger charge is -2.12. The molecule has 0 spiro atoms. The Labute approximate surface area is 102 Å². The lowest BCUT2D eigenvalue weighted by molar-refractivity contribution is -0.131. The van der Waals surface area contributed by atoms with E-state index in [4.69, 9.17) is 9.84 Å². The number of carboxylic acids is 1. The van der Waals surface area contributed by atoms with Crippen LogP contribution in [-0.4, -0.2) is 17.7 Å². The van der Waals surface area contributed by atoms with Crippen molar-refractivity contribution in [3.8, 4) is 5.75 Å². The number of rotatable bonds is 5. The summed E-state index contributed by atoms with van der Waals surface area (Å²) >= 11 is 0. The van der Waals surface area contributed by atoms with Crippen LogP contribution in [0, 0.1) is 20.8 Å². The third-order valence-corrected chi connectivity index (χ3v) is 2.40. The van der Waals surface area contributed by atoms with Crippen molar-refractivity contribution in [1.82, 2.24) is 0 Å². The maximum absolute atomic E-state index is 10.3. The summed E-state index contributed by atoms with van der Waals surface area (Å²) in [6.45, 7) is 6.58. The molecule has 1 rings (SSSR count). The summed E-state index contributed by atoms with van der Waals surface area (Å²) in [7, 11) is 0. The Morgan fingerprint density at radius 2 is 1.88 bits per heavy atom. The fourth-order valence-electron chi connectivity index (χ4n) is 1.81. The van der Waals surface area contributed by atoms with Gasteiger partial charge < -0.3 is 9.84 Å². The normalized spacial score (nSPS) is 10.8. The van der Waals surface area contributed by atoms with Gasteiger partial charge in [0.2, 0.25) is 0 Å². The molecule has 0 fully saturated rings. The second-order valence-corrected chi connectivity index (χ2v) is 4.11. The van der Waals surface area contributed by atoms with Crippen molar-refractivity contribution in [1.29, 1.82) is 0 Å². The summed E-state index contributed by atoms with van der Waals surface area (Å²) in [5.74, 6) is -0.0213. The van der Waals surface area contributed by atoms with Crippen molar-refractivity contribution in [3.05, 3.63) is 41.0 Å². The molecular formula is C14H18O3. The first-order valence-electron chi connectivity index (χ1n) is 5.61. The first-order valence-corrected chi connectivity index (χ1v) is 5.61. The van der Waals surface area contributed by atoms with Gasteiger partial charge in [-0.3, -0.25) is 0 Å². The molecule has 0 saturated carbocycles. The molecule has 1 aromatic carbocycles. The molecule has 0 aliphatic carbocycles. The Morgan fingerprint density at radius 1 is 1.29 bits per heavy atom. The summed E-state index contributed by atoms with van der Waals surface area (Å²) in [5.41, 5.74) is 3.45. The Hall–Kier alpha value is -1.77. The van der Waals surface area contributed by atoms with Crippen LogP contribution < -0.4 is 4.74 Å². The molecule has 0 unspecified atom stereocenters. The average Bonchev–Trinajstić information content (AvgIpc) is 2.20. The van der Waals surface area contributed by atoms with Crippen molar-refractivity contribution >= 4 is 5.97 Å². The largest absolute Gasteiger partial charge is 0.493 e. The van der Waals surface area contributed by atoms with Gasteiger partial charge in [0.25, 0.3) is 0 Å². The predicted molar refractivity (Wildman–Crippen MR) is 67.5 cm³/mol. The van der Waals surface area contributed by atoms with E-state index >= 15 is 0 Å². The van der Waals surface area contributed by atoms with Crippen LogP contribution in [0.2, 0.25) is 0 Å². The summed E-state index contributed by atoms with van der Waals surface area (Å²) in [4.78, 5) is 10.3. The molecule has 0 bridgehead atoms. The molecular weight excluding hydrogens is 216 g/mol. The molecule has 0 aliphatic rings. The smallest absolute Gasteiger partial charge is 0.327 e. The Bertz CT molecular complexity index is 410. The van der Waals surface area contributed by atoms with Gasteiger partial charge in [-0.25, -0.2) is 4.79 Å². The molecule has 3 nitrogen and oxygen atoms in total. The Balaban J connectivity index is 2.55. The van der Waals surface area contributed by atoms with Crippen molar-refractivity contribution in [2.75, 3.05) is 6.61 Å². The fraction of sp³-hybridized carbons (Fsp3) is 0.357. The third kappa shape index (κ3) is 4.31. The van der Waals surface area contributed by atoms with Gasteiger partial charge in [0.15, 0.2) is 0 Å². The number of aryl methyl sites for hydroxylation is 3. The summed E-state index contributed by atoms with van der Waals surface area (Å²) in [6.07, 6.45) is 3.33. The zero-order valence-corrected chi connectivity index (χ0v) is 10.5. The van der Waals surface area contributed by atoms with Gasteiger partial charge in [0.05, 0.1) is 6.61 Å². The highest BCUT2D eigenvalue weighted by Gasteiger charge is 2.04. The molecule has 1 aromatic rings. The molecule has 0 saturated heterocycles. The highest BCUT2D eigenvalue weighted by atomic mass is 16.5. The van der Waals surface area contributed by atoms with Crippen molar-refractivity contribution in [3.63, 3.8) is 0 Å². The maximum atomic E-state index is 10.3. The van der Waals surface area contributed by atoms with Gasteiger partial charge in [0.1, 0.15) is 5.75 Å². The van der Waals surface area contributed by atoms with E-state index in [-0.39, 0.29) is 0 Å². The number of aliphatic carboxylic acids is 1. The number of hydrogen-bond acceptors (Lipinski definition) is 2. The van der Waals surface area contributed by atoms with Crippen LogP contribution in [0.25, 0.3) is 0 Å². The maximum Gasteiger partial charge on any atom is 0.327 e. The van der Waals surface area contributed by atoms with E-state index in [9.17, 15) is 4.79 Å². The molecule has 1 N–H and O–H groups in total. The summed E-state index contributed by atoms with van der Waals surface area (Å²) in [6, 6.07) is 4.16. The number of carbonyl (C=O) groups is 1. The second-order valence-electron chi connectivity index (χ2n) is 4.11. The summed E-state index contributed by atoms with van der Waals surface area (Å²) in [5, 5.41) is 8.42. The average molecular weight is 234 g/mol. The van der Waals surface area contributed by atoms with E-state index in [1.165, 1.54) is 5.56 Å². The van der Waals surface area contributed by atoms with E-state index < -0.39 is 5.97 Å². The van der Waals surface area contributed by atoms with Crippen LogP contribution in [0.5, 0.6) is 5.75 Å². The van der Waals surface area contributed by atoms with Crippen LogP contribution in [0.4, 0.5) is 0 Å². The van der Waals surface area contributed by atoms with Crippen LogP contribution in [0.15, 0.2) is 24.3 Å². The van der Waals surface area contributed by atoms with Gasteiger partial charge >= 0.3 is 5.97 Å². The van der Waals surface area contributed by atoms with Crippen LogP contribution >= 0.6 is 0 Å². The Morgan fingerprint density at radius 3 is 2.41 bits per heavy atom. The van der Waals surface area contributed by atoms with Crippen LogP contribution in [0.1, 0.15) is 23.1 Å². The number of hydrogen-bond donors (Lipinski definition) is 1. The highest BCUT2D eigenvalue weighted by Crippen LogP contribution is 2.24. The topological polar surface area (TPSA) is 46.5 Å². The minimum atomic E-state index is -0.923. The van der Waals surface area contributed by atoms with E-state index in [2.05, 4.69) is 19.1 Å². The van der Waals surface area contributed by atoms with Crippen molar-refractivity contribution in [2.45, 2.75) is 27.2 Å². The lowest BCUT2D eigenvalue weighted by Crippen LogP contribution is -2.00. The first-order chi connectivity index (χ1) is 8.00. The zero-order valence-electron chi connectivity index (χ0n) is 10.5. The SMILES string of the molecule is Cc1cc(C)c(OCC/C=C/C(=O)O)c(C)c1. The number of ether oxygens (including phenoxy) is 1. The van der Waals surface area contributed by atoms with Crippen molar-refractivity contribution < 1.29 is 14.6 Å². The quantitative estimate of drug-likeness (QED) is 0.629. The minimum Gasteiger partial charge on any atom is -0.493 e. The van der Waals surface area contributed by atoms with Crippen molar-refractivity contribution in [2.24, 2.45) is 0 Å². The van der Waals surface area contributed by atoms with Gasteiger partial charge in [-0.05, 0) is 38.3 Å². The monoisotopic (exact) mass is 234 g/mol. The molecule has 17 heavy (non-hydrogen) atoms. The fourth-order valence-corrected chi connectivity index (χ4v) is 1.81. The zero-order chi connectivity index (χ0) is 12.8. The summed E-state index contributed by atoms with van der Waals surface area (Å²) < 4.78 is 5.66. The molecule has 0 aromatic heterocycles. The van der Waals surface area contributed by atoms with Gasteiger partial charge in [-0.15, -0.1) is 0 Å². The molecule has 0 radical (unpaired) electrons. The number of carboxylic acid groups (broad SMARTS) is 1. The highest BCUT2D eigenvalue weighted by molar-refractivity contribution is 5.79. The molecule has 0 aliphatic heterocycles. The van der Waals surface area contributed by atoms with E-state index in [0.29, 0.717) is 13.0 Å². The lowest BCUT2D eigenvalue weighted by atomic mass is 10.1. The van der Waals surface area contributed by atoms with E-state index in [1.807, 2.05) is 13.8 Å². The standard InChI is InChI=1S/C14H18O3/c1-10-8-11(2)14(12(3)9-10)17-7-5-4-6-13(15)16/h4,6,8-9H,5,7H2,1-3H3,(H,15,16)/b6-4+. The van der Waals surface area contributed by atoms with Crippen LogP contribution in [0.3, 0.4) is 0 Å².